The first-order valence-electron chi connectivity index (χ1n) is 5.68. The minimum absolute atomic E-state index is 0. The summed E-state index contributed by atoms with van der Waals surface area (Å²) in [6, 6.07) is 9.48. The second-order valence-electron chi connectivity index (χ2n) is 3.98. The van der Waals surface area contributed by atoms with E-state index in [-0.39, 0.29) is 49.9 Å². The van der Waals surface area contributed by atoms with E-state index in [9.17, 15) is 4.79 Å². The zero-order valence-electron chi connectivity index (χ0n) is 11.2. The van der Waals surface area contributed by atoms with Crippen molar-refractivity contribution in [2.75, 3.05) is 6.61 Å². The monoisotopic (exact) mass is 395 g/mol. The summed E-state index contributed by atoms with van der Waals surface area (Å²) < 4.78 is 6.67. The summed E-state index contributed by atoms with van der Waals surface area (Å²) in [5, 5.41) is 0.550. The van der Waals surface area contributed by atoms with Gasteiger partial charge < -0.3 is 9.30 Å². The van der Waals surface area contributed by atoms with Crippen LogP contribution in [-0.4, -0.2) is 11.2 Å². The van der Waals surface area contributed by atoms with Crippen molar-refractivity contribution < 1.29 is 37.4 Å². The van der Waals surface area contributed by atoms with Crippen molar-refractivity contribution >= 4 is 23.2 Å². The van der Waals surface area contributed by atoms with Crippen molar-refractivity contribution in [1.29, 1.82) is 0 Å². The third kappa shape index (κ3) is 4.11. The molecular formula is C15H10Cl2NO2Y-. The minimum atomic E-state index is -0.302. The Morgan fingerprint density at radius 1 is 1.38 bits per heavy atom. The Hall–Kier alpha value is -0.786. The summed E-state index contributed by atoms with van der Waals surface area (Å²) >= 11 is 12.0. The molecular weight excluding hydrogens is 386 g/mol. The van der Waals surface area contributed by atoms with Crippen LogP contribution in [-0.2, 0) is 39.8 Å². The van der Waals surface area contributed by atoms with Crippen LogP contribution < -0.4 is 10.3 Å². The van der Waals surface area contributed by atoms with Gasteiger partial charge in [0.25, 0.3) is 0 Å². The fourth-order valence-electron chi connectivity index (χ4n) is 1.71. The molecule has 3 nitrogen and oxygen atoms in total. The average Bonchev–Trinajstić information content (AvgIpc) is 2.44. The van der Waals surface area contributed by atoms with Crippen molar-refractivity contribution in [2.45, 2.75) is 0 Å². The van der Waals surface area contributed by atoms with E-state index in [0.717, 1.165) is 0 Å². The normalized spacial score (nSPS) is 9.62. The van der Waals surface area contributed by atoms with E-state index < -0.39 is 0 Å². The van der Waals surface area contributed by atoms with Gasteiger partial charge in [-0.1, -0.05) is 28.8 Å². The molecule has 0 aliphatic heterocycles. The number of aromatic nitrogens is 1. The number of nitrogens with zero attached hydrogens (tertiary/aromatic N) is 1. The van der Waals surface area contributed by atoms with Crippen LogP contribution in [0.3, 0.4) is 0 Å². The van der Waals surface area contributed by atoms with Crippen LogP contribution in [0.1, 0.15) is 0 Å². The van der Waals surface area contributed by atoms with Crippen LogP contribution in [0.2, 0.25) is 10.0 Å². The van der Waals surface area contributed by atoms with E-state index in [1.807, 2.05) is 0 Å². The number of hydrogen-bond acceptors (Lipinski definition) is 2. The summed E-state index contributed by atoms with van der Waals surface area (Å²) in [6.07, 6.45) is 5.12. The topological polar surface area (TPSA) is 31.2 Å². The molecule has 1 aromatic carbocycles. The second-order valence-corrected chi connectivity index (χ2v) is 4.80. The van der Waals surface area contributed by atoms with Gasteiger partial charge in [-0.2, -0.15) is 23.7 Å². The van der Waals surface area contributed by atoms with Crippen molar-refractivity contribution in [3.05, 3.63) is 50.7 Å². The largest absolute Gasteiger partial charge is 0.481 e. The Kier molecular flexibility index (Phi) is 6.96. The molecule has 0 unspecified atom stereocenters. The van der Waals surface area contributed by atoms with Crippen LogP contribution in [0.25, 0.3) is 11.3 Å². The van der Waals surface area contributed by atoms with Gasteiger partial charge in [-0.3, -0.25) is 4.79 Å². The Bertz CT molecular complexity index is 750. The summed E-state index contributed by atoms with van der Waals surface area (Å²) in [5.41, 5.74) is 0.910. The third-order valence-electron chi connectivity index (χ3n) is 2.70. The van der Waals surface area contributed by atoms with Crippen molar-refractivity contribution in [2.24, 2.45) is 7.05 Å². The molecule has 6 heteroatoms. The summed E-state index contributed by atoms with van der Waals surface area (Å²) in [6.45, 7) is 0.168. The van der Waals surface area contributed by atoms with Crippen LogP contribution in [0.4, 0.5) is 0 Å². The maximum atomic E-state index is 11.8. The smallest absolute Gasteiger partial charge is 0.212 e. The van der Waals surface area contributed by atoms with E-state index in [2.05, 4.69) is 12.0 Å². The molecule has 2 rings (SSSR count). The molecule has 0 aliphatic carbocycles. The van der Waals surface area contributed by atoms with Gasteiger partial charge in [0.05, 0.1) is 0 Å². The molecule has 1 aromatic heterocycles. The van der Waals surface area contributed by atoms with Crippen LogP contribution >= 0.6 is 23.2 Å². The predicted octanol–water partition coefficient (Wildman–Crippen LogP) is 3.17. The van der Waals surface area contributed by atoms with E-state index >= 15 is 0 Å². The molecule has 0 atom stereocenters. The number of hydrogen-bond donors (Lipinski definition) is 0. The van der Waals surface area contributed by atoms with Gasteiger partial charge in [0.1, 0.15) is 12.4 Å². The second kappa shape index (κ2) is 8.01. The van der Waals surface area contributed by atoms with E-state index in [0.29, 0.717) is 22.0 Å². The molecule has 21 heavy (non-hydrogen) atoms. The summed E-state index contributed by atoms with van der Waals surface area (Å²) in [4.78, 5) is 11.8. The van der Waals surface area contributed by atoms with Crippen molar-refractivity contribution in [3.63, 3.8) is 0 Å². The predicted molar refractivity (Wildman–Crippen MR) is 80.3 cm³/mol. The molecule has 0 aliphatic rings. The van der Waals surface area contributed by atoms with Crippen LogP contribution in [0, 0.1) is 18.4 Å². The van der Waals surface area contributed by atoms with E-state index in [1.165, 1.54) is 10.6 Å². The molecule has 0 fully saturated rings. The molecule has 1 radical (unpaired) electrons. The van der Waals surface area contributed by atoms with E-state index in [1.54, 1.807) is 25.2 Å². The number of ether oxygens (including phenoxy) is 1. The fourth-order valence-corrected chi connectivity index (χ4v) is 2.15. The molecule has 0 amide bonds. The summed E-state index contributed by atoms with van der Waals surface area (Å²) in [5.74, 6) is 2.94. The Labute approximate surface area is 158 Å². The zero-order valence-corrected chi connectivity index (χ0v) is 15.5. The maximum Gasteiger partial charge on any atom is 0.212 e. The first kappa shape index (κ1) is 18.3. The third-order valence-corrected chi connectivity index (χ3v) is 3.28. The molecule has 0 spiro atoms. The van der Waals surface area contributed by atoms with Gasteiger partial charge >= 0.3 is 0 Å². The number of halogens is 2. The van der Waals surface area contributed by atoms with Crippen LogP contribution in [0.5, 0.6) is 5.75 Å². The van der Waals surface area contributed by atoms with Gasteiger partial charge in [-0.05, 0) is 17.2 Å². The Balaban J connectivity index is 0.00000220. The van der Waals surface area contributed by atoms with Crippen molar-refractivity contribution in [3.8, 4) is 29.4 Å². The number of pyridine rings is 1. The van der Waals surface area contributed by atoms with Gasteiger partial charge in [-0.15, -0.1) is 12.5 Å². The van der Waals surface area contributed by atoms with Crippen molar-refractivity contribution in [1.82, 2.24) is 4.57 Å². The molecule has 2 aromatic rings. The van der Waals surface area contributed by atoms with Gasteiger partial charge in [0.15, 0.2) is 0 Å². The molecule has 0 saturated heterocycles. The maximum absolute atomic E-state index is 11.8. The zero-order chi connectivity index (χ0) is 14.7. The number of rotatable bonds is 3. The standard InChI is InChI=1S/C15H10Cl2NO2.Y/c1-3-8-20-10-4-5-11(13(17)9-10)14-7-6-12(16)15(19)18(14)2;/h1,4-6,9H,8H2,2H3;/q-1;. The minimum Gasteiger partial charge on any atom is -0.481 e. The van der Waals surface area contributed by atoms with Crippen LogP contribution in [0.15, 0.2) is 29.1 Å². The molecule has 0 N–H and O–H groups in total. The first-order chi connectivity index (χ1) is 9.54. The quantitative estimate of drug-likeness (QED) is 0.590. The summed E-state index contributed by atoms with van der Waals surface area (Å²) in [7, 11) is 1.61. The molecule has 0 bridgehead atoms. The Morgan fingerprint density at radius 3 is 2.71 bits per heavy atom. The first-order valence-corrected chi connectivity index (χ1v) is 6.43. The average molecular weight is 396 g/mol. The Morgan fingerprint density at radius 2 is 2.10 bits per heavy atom. The van der Waals surface area contributed by atoms with Gasteiger partial charge in [0, 0.05) is 44.8 Å². The fraction of sp³-hybridized carbons (Fsp3) is 0.133. The van der Waals surface area contributed by atoms with Gasteiger partial charge in [0.2, 0.25) is 5.56 Å². The van der Waals surface area contributed by atoms with E-state index in [4.69, 9.17) is 34.4 Å². The van der Waals surface area contributed by atoms with Gasteiger partial charge in [-0.25, -0.2) is 0 Å². The molecule has 1 heterocycles. The number of benzene rings is 1. The molecule has 0 saturated carbocycles. The number of terminal acetylenes is 1. The molecule has 105 valence electrons. The SMILES string of the molecule is C#CCOc1ccc(-c2[c-]cc(Cl)c(=O)n2C)c(Cl)c1.[Y].